The van der Waals surface area contributed by atoms with E-state index in [0.717, 1.165) is 63.8 Å². The topological polar surface area (TPSA) is 61.8 Å². The number of hydrogen-bond acceptors (Lipinski definition) is 4. The van der Waals surface area contributed by atoms with Crippen LogP contribution in [0, 0.1) is 0 Å². The predicted molar refractivity (Wildman–Crippen MR) is 106 cm³/mol. The van der Waals surface area contributed by atoms with Crippen molar-refractivity contribution in [3.05, 3.63) is 42.1 Å². The van der Waals surface area contributed by atoms with Crippen LogP contribution in [-0.2, 0) is 11.3 Å². The highest BCUT2D eigenvalue weighted by Crippen LogP contribution is 2.16. The number of guanidine groups is 1. The summed E-state index contributed by atoms with van der Waals surface area (Å²) >= 11 is 0. The van der Waals surface area contributed by atoms with Gasteiger partial charge in [0.15, 0.2) is 5.96 Å². The lowest BCUT2D eigenvalue weighted by Gasteiger charge is -2.26. The highest BCUT2D eigenvalue weighted by molar-refractivity contribution is 5.83. The van der Waals surface area contributed by atoms with Crippen molar-refractivity contribution in [3.8, 4) is 0 Å². The predicted octanol–water partition coefficient (Wildman–Crippen LogP) is 2.01. The highest BCUT2D eigenvalue weighted by Gasteiger charge is 2.09. The van der Waals surface area contributed by atoms with Gasteiger partial charge >= 0.3 is 0 Å². The van der Waals surface area contributed by atoms with Crippen LogP contribution in [0.2, 0.25) is 0 Å². The van der Waals surface area contributed by atoms with Gasteiger partial charge in [-0.05, 0) is 37.6 Å². The number of benzene rings is 1. The molecule has 1 saturated heterocycles. The molecule has 0 saturated carbocycles. The summed E-state index contributed by atoms with van der Waals surface area (Å²) < 4.78 is 5.39. The van der Waals surface area contributed by atoms with Crippen molar-refractivity contribution in [2.75, 3.05) is 45.9 Å². The third-order valence-electron chi connectivity index (χ3n) is 4.54. The molecular formula is C20H29N5O. The average molecular weight is 355 g/mol. The van der Waals surface area contributed by atoms with Gasteiger partial charge < -0.3 is 15.4 Å². The van der Waals surface area contributed by atoms with Crippen LogP contribution >= 0.6 is 0 Å². The standard InChI is InChI=1S/C20H29N5O/c1-2-21-20(23-9-5-11-25-12-14-26-15-13-25)24-16-17-8-10-22-19-7-4-3-6-18(17)19/h3-4,6-8,10H,2,5,9,11-16H2,1H3,(H2,21,23,24). The summed E-state index contributed by atoms with van der Waals surface area (Å²) in [5, 5.41) is 7.94. The molecule has 0 radical (unpaired) electrons. The Labute approximate surface area is 155 Å². The molecule has 3 rings (SSSR count). The number of hydrogen-bond donors (Lipinski definition) is 2. The van der Waals surface area contributed by atoms with Crippen molar-refractivity contribution in [2.45, 2.75) is 19.9 Å². The molecule has 140 valence electrons. The number of rotatable bonds is 7. The van der Waals surface area contributed by atoms with Gasteiger partial charge in [0.05, 0.1) is 25.3 Å². The zero-order chi connectivity index (χ0) is 18.0. The van der Waals surface area contributed by atoms with Gasteiger partial charge in [0.1, 0.15) is 0 Å². The minimum Gasteiger partial charge on any atom is -0.379 e. The third kappa shape index (κ3) is 5.41. The largest absolute Gasteiger partial charge is 0.379 e. The molecule has 2 N–H and O–H groups in total. The van der Waals surface area contributed by atoms with Crippen molar-refractivity contribution >= 4 is 16.9 Å². The van der Waals surface area contributed by atoms with Gasteiger partial charge in [-0.15, -0.1) is 0 Å². The SMILES string of the molecule is CCNC(=NCc1ccnc2ccccc12)NCCCN1CCOCC1. The van der Waals surface area contributed by atoms with Gasteiger partial charge in [0, 0.05) is 37.8 Å². The molecule has 0 aliphatic carbocycles. The summed E-state index contributed by atoms with van der Waals surface area (Å²) in [7, 11) is 0. The van der Waals surface area contributed by atoms with Crippen LogP contribution in [0.1, 0.15) is 18.9 Å². The Kier molecular flexibility index (Phi) is 7.22. The molecule has 1 aromatic heterocycles. The van der Waals surface area contributed by atoms with E-state index in [9.17, 15) is 0 Å². The highest BCUT2D eigenvalue weighted by atomic mass is 16.5. The molecule has 1 fully saturated rings. The molecule has 0 unspecified atom stereocenters. The minimum absolute atomic E-state index is 0.641. The molecule has 0 bridgehead atoms. The fourth-order valence-corrected chi connectivity index (χ4v) is 3.13. The lowest BCUT2D eigenvalue weighted by atomic mass is 10.1. The molecule has 1 aliphatic rings. The second-order valence-corrected chi connectivity index (χ2v) is 6.42. The maximum Gasteiger partial charge on any atom is 0.191 e. The van der Waals surface area contributed by atoms with Gasteiger partial charge in [0.25, 0.3) is 0 Å². The molecule has 0 amide bonds. The van der Waals surface area contributed by atoms with Gasteiger partial charge in [-0.1, -0.05) is 18.2 Å². The van der Waals surface area contributed by atoms with E-state index in [1.807, 2.05) is 30.5 Å². The summed E-state index contributed by atoms with van der Waals surface area (Å²) in [5.41, 5.74) is 2.21. The number of nitrogens with zero attached hydrogens (tertiary/aromatic N) is 3. The first kappa shape index (κ1) is 18.6. The van der Waals surface area contributed by atoms with E-state index < -0.39 is 0 Å². The van der Waals surface area contributed by atoms with E-state index in [2.05, 4.69) is 33.5 Å². The first-order valence-electron chi connectivity index (χ1n) is 9.51. The van der Waals surface area contributed by atoms with E-state index in [-0.39, 0.29) is 0 Å². The van der Waals surface area contributed by atoms with Gasteiger partial charge in [-0.3, -0.25) is 9.88 Å². The lowest BCUT2D eigenvalue weighted by Crippen LogP contribution is -2.40. The summed E-state index contributed by atoms with van der Waals surface area (Å²) in [5.74, 6) is 0.871. The first-order valence-corrected chi connectivity index (χ1v) is 9.51. The monoisotopic (exact) mass is 355 g/mol. The quantitative estimate of drug-likeness (QED) is 0.452. The van der Waals surface area contributed by atoms with Gasteiger partial charge in [-0.25, -0.2) is 4.99 Å². The van der Waals surface area contributed by atoms with E-state index in [1.165, 1.54) is 10.9 Å². The van der Waals surface area contributed by atoms with E-state index >= 15 is 0 Å². The van der Waals surface area contributed by atoms with Crippen LogP contribution in [0.15, 0.2) is 41.5 Å². The Morgan fingerprint density at radius 3 is 2.88 bits per heavy atom. The van der Waals surface area contributed by atoms with Crippen molar-refractivity contribution in [2.24, 2.45) is 4.99 Å². The molecule has 1 aliphatic heterocycles. The van der Waals surface area contributed by atoms with Crippen molar-refractivity contribution in [1.82, 2.24) is 20.5 Å². The summed E-state index contributed by atoms with van der Waals surface area (Å²) in [6.07, 6.45) is 2.96. The summed E-state index contributed by atoms with van der Waals surface area (Å²) in [4.78, 5) is 11.6. The zero-order valence-electron chi connectivity index (χ0n) is 15.6. The molecule has 0 spiro atoms. The number of ether oxygens (including phenoxy) is 1. The summed E-state index contributed by atoms with van der Waals surface area (Å²) in [6, 6.07) is 10.3. The third-order valence-corrected chi connectivity index (χ3v) is 4.54. The van der Waals surface area contributed by atoms with Crippen LogP contribution < -0.4 is 10.6 Å². The Morgan fingerprint density at radius 1 is 1.19 bits per heavy atom. The number of nitrogens with one attached hydrogen (secondary N) is 2. The zero-order valence-corrected chi connectivity index (χ0v) is 15.6. The van der Waals surface area contributed by atoms with E-state index in [1.54, 1.807) is 0 Å². The number of para-hydroxylation sites is 1. The smallest absolute Gasteiger partial charge is 0.191 e. The second-order valence-electron chi connectivity index (χ2n) is 6.42. The van der Waals surface area contributed by atoms with Crippen molar-refractivity contribution < 1.29 is 4.74 Å². The summed E-state index contributed by atoms with van der Waals surface area (Å²) in [6.45, 7) is 9.41. The van der Waals surface area contributed by atoms with Crippen molar-refractivity contribution in [3.63, 3.8) is 0 Å². The molecule has 1 aromatic carbocycles. The normalized spacial score (nSPS) is 16.0. The maximum absolute atomic E-state index is 5.39. The second kappa shape index (κ2) is 10.1. The first-order chi connectivity index (χ1) is 12.9. The Hall–Kier alpha value is -2.18. The van der Waals surface area contributed by atoms with Crippen LogP contribution in [0.3, 0.4) is 0 Å². The number of aromatic nitrogens is 1. The minimum atomic E-state index is 0.641. The molecular weight excluding hydrogens is 326 g/mol. The lowest BCUT2D eigenvalue weighted by molar-refractivity contribution is 0.0376. The fourth-order valence-electron chi connectivity index (χ4n) is 3.13. The van der Waals surface area contributed by atoms with Crippen molar-refractivity contribution in [1.29, 1.82) is 0 Å². The van der Waals surface area contributed by atoms with Crippen LogP contribution in [0.4, 0.5) is 0 Å². The molecule has 0 atom stereocenters. The molecule has 26 heavy (non-hydrogen) atoms. The van der Waals surface area contributed by atoms with Crippen LogP contribution in [0.5, 0.6) is 0 Å². The average Bonchev–Trinajstić information content (AvgIpc) is 2.70. The number of aliphatic imine (C=N–C) groups is 1. The molecule has 2 heterocycles. The fraction of sp³-hybridized carbons (Fsp3) is 0.500. The van der Waals surface area contributed by atoms with Crippen LogP contribution in [0.25, 0.3) is 10.9 Å². The number of pyridine rings is 1. The maximum atomic E-state index is 5.39. The number of morpholine rings is 1. The van der Waals surface area contributed by atoms with E-state index in [0.29, 0.717) is 6.54 Å². The van der Waals surface area contributed by atoms with Gasteiger partial charge in [0.2, 0.25) is 0 Å². The molecule has 6 heteroatoms. The molecule has 6 nitrogen and oxygen atoms in total. The van der Waals surface area contributed by atoms with Crippen LogP contribution in [-0.4, -0.2) is 61.8 Å². The number of fused-ring (bicyclic) bond motifs is 1. The molecule has 2 aromatic rings. The van der Waals surface area contributed by atoms with E-state index in [4.69, 9.17) is 9.73 Å². The Bertz CT molecular complexity index is 707. The Balaban J connectivity index is 1.53. The van der Waals surface area contributed by atoms with Gasteiger partial charge in [-0.2, -0.15) is 0 Å². The Morgan fingerprint density at radius 2 is 2.04 bits per heavy atom.